The van der Waals surface area contributed by atoms with Crippen molar-refractivity contribution in [1.29, 1.82) is 0 Å². The highest BCUT2D eigenvalue weighted by molar-refractivity contribution is 5.27. The molecule has 70 valence electrons. The highest BCUT2D eigenvalue weighted by Gasteiger charge is 2.01. The molecular formula is C10H9N3O. The molecule has 2 heterocycles. The van der Waals surface area contributed by atoms with Crippen molar-refractivity contribution in [3.8, 4) is 11.8 Å². The first-order chi connectivity index (χ1) is 6.86. The predicted molar refractivity (Wildman–Crippen MR) is 51.1 cm³/mol. The van der Waals surface area contributed by atoms with Gasteiger partial charge in [0.05, 0.1) is 5.69 Å². The van der Waals surface area contributed by atoms with Crippen LogP contribution in [0.3, 0.4) is 0 Å². The molecule has 0 N–H and O–H groups in total. The number of rotatable bonds is 2. The number of ether oxygens (including phenoxy) is 1. The molecule has 14 heavy (non-hydrogen) atoms. The lowest BCUT2D eigenvalue weighted by atomic mass is 10.3. The van der Waals surface area contributed by atoms with E-state index in [1.165, 1.54) is 0 Å². The first-order valence-corrected chi connectivity index (χ1v) is 4.23. The molecule has 0 unspecified atom stereocenters. The van der Waals surface area contributed by atoms with E-state index < -0.39 is 0 Å². The van der Waals surface area contributed by atoms with Crippen LogP contribution < -0.4 is 4.74 Å². The monoisotopic (exact) mass is 187 g/mol. The molecule has 2 rings (SSSR count). The molecule has 0 bridgehead atoms. The molecule has 0 spiro atoms. The quantitative estimate of drug-likeness (QED) is 0.721. The van der Waals surface area contributed by atoms with Crippen LogP contribution >= 0.6 is 0 Å². The summed E-state index contributed by atoms with van der Waals surface area (Å²) >= 11 is 0. The minimum absolute atomic E-state index is 0.337. The number of aryl methyl sites for hydroxylation is 1. The summed E-state index contributed by atoms with van der Waals surface area (Å²) in [6.45, 7) is 1.87. The molecule has 0 saturated carbocycles. The van der Waals surface area contributed by atoms with Gasteiger partial charge in [-0.25, -0.2) is 9.97 Å². The van der Waals surface area contributed by atoms with Gasteiger partial charge >= 0.3 is 6.01 Å². The van der Waals surface area contributed by atoms with E-state index in [9.17, 15) is 0 Å². The van der Waals surface area contributed by atoms with Gasteiger partial charge < -0.3 is 4.74 Å². The molecule has 0 fully saturated rings. The standard InChI is InChI=1S/C10H9N3O/c1-8-9(4-2-5-11-8)14-10-12-6-3-7-13-10/h2-7H,1H3. The van der Waals surface area contributed by atoms with Gasteiger partial charge in [-0.2, -0.15) is 0 Å². The number of nitrogens with zero attached hydrogens (tertiary/aromatic N) is 3. The van der Waals surface area contributed by atoms with Crippen molar-refractivity contribution >= 4 is 0 Å². The van der Waals surface area contributed by atoms with E-state index in [4.69, 9.17) is 4.74 Å². The van der Waals surface area contributed by atoms with Crippen LogP contribution in [-0.2, 0) is 0 Å². The van der Waals surface area contributed by atoms with E-state index in [0.717, 1.165) is 5.69 Å². The van der Waals surface area contributed by atoms with Gasteiger partial charge in [-0.3, -0.25) is 4.98 Å². The second-order valence-electron chi connectivity index (χ2n) is 2.72. The van der Waals surface area contributed by atoms with Gasteiger partial charge in [-0.05, 0) is 25.1 Å². The van der Waals surface area contributed by atoms with E-state index >= 15 is 0 Å². The lowest BCUT2D eigenvalue weighted by Crippen LogP contribution is -1.93. The third-order valence-electron chi connectivity index (χ3n) is 1.70. The third kappa shape index (κ3) is 1.85. The lowest BCUT2D eigenvalue weighted by molar-refractivity contribution is 0.436. The van der Waals surface area contributed by atoms with Gasteiger partial charge in [-0.1, -0.05) is 0 Å². The van der Waals surface area contributed by atoms with Gasteiger partial charge in [0.25, 0.3) is 0 Å². The number of hydrogen-bond acceptors (Lipinski definition) is 4. The summed E-state index contributed by atoms with van der Waals surface area (Å²) in [7, 11) is 0. The average Bonchev–Trinajstić information content (AvgIpc) is 2.23. The molecule has 4 nitrogen and oxygen atoms in total. The smallest absolute Gasteiger partial charge is 0.321 e. The van der Waals surface area contributed by atoms with Crippen LogP contribution in [0.5, 0.6) is 11.8 Å². The molecular weight excluding hydrogens is 178 g/mol. The fourth-order valence-corrected chi connectivity index (χ4v) is 1.01. The number of hydrogen-bond donors (Lipinski definition) is 0. The molecule has 0 saturated heterocycles. The summed E-state index contributed by atoms with van der Waals surface area (Å²) in [6, 6.07) is 5.72. The first kappa shape index (κ1) is 8.62. The summed E-state index contributed by atoms with van der Waals surface area (Å²) in [5, 5.41) is 0. The van der Waals surface area contributed by atoms with Crippen LogP contribution in [0.25, 0.3) is 0 Å². The second-order valence-corrected chi connectivity index (χ2v) is 2.72. The van der Waals surface area contributed by atoms with Crippen LogP contribution in [0.4, 0.5) is 0 Å². The van der Waals surface area contributed by atoms with Crippen LogP contribution in [-0.4, -0.2) is 15.0 Å². The Balaban J connectivity index is 2.24. The van der Waals surface area contributed by atoms with Gasteiger partial charge in [0.2, 0.25) is 0 Å². The third-order valence-corrected chi connectivity index (χ3v) is 1.70. The van der Waals surface area contributed by atoms with Crippen molar-refractivity contribution in [3.63, 3.8) is 0 Å². The summed E-state index contributed by atoms with van der Waals surface area (Å²) < 4.78 is 5.42. The maximum atomic E-state index is 5.42. The molecule has 2 aromatic heterocycles. The summed E-state index contributed by atoms with van der Waals surface area (Å²) in [6.07, 6.45) is 4.98. The van der Waals surface area contributed by atoms with Crippen LogP contribution in [0, 0.1) is 6.92 Å². The predicted octanol–water partition coefficient (Wildman–Crippen LogP) is 1.97. The van der Waals surface area contributed by atoms with Crippen molar-refractivity contribution in [2.75, 3.05) is 0 Å². The maximum absolute atomic E-state index is 5.42. The largest absolute Gasteiger partial charge is 0.422 e. The molecule has 0 radical (unpaired) electrons. The minimum Gasteiger partial charge on any atom is -0.422 e. The molecule has 0 aromatic carbocycles. The summed E-state index contributed by atoms with van der Waals surface area (Å²) in [5.74, 6) is 0.679. The van der Waals surface area contributed by atoms with E-state index in [0.29, 0.717) is 11.8 Å². The topological polar surface area (TPSA) is 47.9 Å². The zero-order chi connectivity index (χ0) is 9.80. The molecule has 0 atom stereocenters. The Hall–Kier alpha value is -1.97. The van der Waals surface area contributed by atoms with Crippen LogP contribution in [0.1, 0.15) is 5.69 Å². The van der Waals surface area contributed by atoms with Gasteiger partial charge in [0.15, 0.2) is 5.75 Å². The highest BCUT2D eigenvalue weighted by Crippen LogP contribution is 2.18. The Morgan fingerprint density at radius 3 is 2.43 bits per heavy atom. The Bertz CT molecular complexity index is 417. The number of pyridine rings is 1. The minimum atomic E-state index is 0.337. The fraction of sp³-hybridized carbons (Fsp3) is 0.100. The maximum Gasteiger partial charge on any atom is 0.321 e. The SMILES string of the molecule is Cc1ncccc1Oc1ncccn1. The lowest BCUT2D eigenvalue weighted by Gasteiger charge is -2.04. The summed E-state index contributed by atoms with van der Waals surface area (Å²) in [4.78, 5) is 12.0. The van der Waals surface area contributed by atoms with Gasteiger partial charge in [0, 0.05) is 18.6 Å². The van der Waals surface area contributed by atoms with Crippen LogP contribution in [0.2, 0.25) is 0 Å². The van der Waals surface area contributed by atoms with Gasteiger partial charge in [0.1, 0.15) is 0 Å². The Morgan fingerprint density at radius 1 is 1.00 bits per heavy atom. The highest BCUT2D eigenvalue weighted by atomic mass is 16.5. The zero-order valence-corrected chi connectivity index (χ0v) is 7.71. The zero-order valence-electron chi connectivity index (χ0n) is 7.71. The normalized spacial score (nSPS) is 9.79. The van der Waals surface area contributed by atoms with Crippen molar-refractivity contribution in [3.05, 3.63) is 42.5 Å². The Labute approximate surface area is 81.6 Å². The van der Waals surface area contributed by atoms with E-state index in [1.54, 1.807) is 24.7 Å². The van der Waals surface area contributed by atoms with E-state index in [1.807, 2.05) is 19.1 Å². The Morgan fingerprint density at radius 2 is 1.71 bits per heavy atom. The second kappa shape index (κ2) is 3.83. The molecule has 0 aliphatic carbocycles. The first-order valence-electron chi connectivity index (χ1n) is 4.23. The van der Waals surface area contributed by atoms with Crippen molar-refractivity contribution in [1.82, 2.24) is 15.0 Å². The fourth-order valence-electron chi connectivity index (χ4n) is 1.01. The Kier molecular flexibility index (Phi) is 2.36. The summed E-state index contributed by atoms with van der Waals surface area (Å²) in [5.41, 5.74) is 0.819. The van der Waals surface area contributed by atoms with Crippen molar-refractivity contribution in [2.24, 2.45) is 0 Å². The molecule has 2 aromatic rings. The molecule has 0 aliphatic heterocycles. The van der Waals surface area contributed by atoms with Crippen molar-refractivity contribution in [2.45, 2.75) is 6.92 Å². The number of aromatic nitrogens is 3. The van der Waals surface area contributed by atoms with Crippen LogP contribution in [0.15, 0.2) is 36.8 Å². The average molecular weight is 187 g/mol. The molecule has 0 aliphatic rings. The van der Waals surface area contributed by atoms with E-state index in [2.05, 4.69) is 15.0 Å². The van der Waals surface area contributed by atoms with Crippen molar-refractivity contribution < 1.29 is 4.74 Å². The van der Waals surface area contributed by atoms with E-state index in [-0.39, 0.29) is 0 Å². The molecule has 0 amide bonds. The molecule has 4 heteroatoms. The van der Waals surface area contributed by atoms with Gasteiger partial charge in [-0.15, -0.1) is 0 Å².